The van der Waals surface area contributed by atoms with Crippen LogP contribution in [-0.2, 0) is 9.47 Å². The molecular weight excluding hydrogens is 311 g/mol. The number of rotatable bonds is 2. The monoisotopic (exact) mass is 328 g/mol. The van der Waals surface area contributed by atoms with Crippen molar-refractivity contribution >= 4 is 30.1 Å². The fourth-order valence-electron chi connectivity index (χ4n) is 2.30. The van der Waals surface area contributed by atoms with Crippen molar-refractivity contribution < 1.29 is 9.47 Å². The van der Waals surface area contributed by atoms with Gasteiger partial charge in [0, 0.05) is 18.6 Å². The maximum absolute atomic E-state index is 5.72. The predicted octanol–water partition coefficient (Wildman–Crippen LogP) is 3.39. The van der Waals surface area contributed by atoms with E-state index < -0.39 is 0 Å². The molecule has 0 bridgehead atoms. The Bertz CT molecular complexity index is 194. The molecule has 82 valence electrons. The van der Waals surface area contributed by atoms with Crippen molar-refractivity contribution in [3.8, 4) is 0 Å². The van der Waals surface area contributed by atoms with Gasteiger partial charge in [0.05, 0.1) is 13.2 Å². The molecule has 2 nitrogen and oxygen atoms in total. The molecule has 1 aliphatic carbocycles. The van der Waals surface area contributed by atoms with Gasteiger partial charge in [0.15, 0.2) is 5.79 Å². The highest BCUT2D eigenvalue weighted by Gasteiger charge is 2.44. The molecule has 1 saturated carbocycles. The highest BCUT2D eigenvalue weighted by atomic mass is 127. The summed E-state index contributed by atoms with van der Waals surface area (Å²) in [4.78, 5) is 0. The van der Waals surface area contributed by atoms with Crippen molar-refractivity contribution in [3.05, 3.63) is 0 Å². The zero-order valence-corrected chi connectivity index (χ0v) is 11.5. The van der Waals surface area contributed by atoms with Crippen LogP contribution in [0.4, 0.5) is 0 Å². The molecule has 0 aromatic rings. The van der Waals surface area contributed by atoms with Crippen LogP contribution >= 0.6 is 30.1 Å². The quantitative estimate of drug-likeness (QED) is 0.724. The Labute approximate surface area is 102 Å². The molecule has 2 fully saturated rings. The van der Waals surface area contributed by atoms with Crippen LogP contribution in [0.3, 0.4) is 0 Å². The van der Waals surface area contributed by atoms with Crippen LogP contribution in [0.2, 0.25) is 0 Å². The summed E-state index contributed by atoms with van der Waals surface area (Å²) in [6, 6.07) is 0. The summed E-state index contributed by atoms with van der Waals surface area (Å²) in [5.74, 6) is 1.07. The minimum Gasteiger partial charge on any atom is -0.348 e. The molecule has 1 spiro atoms. The molecule has 2 rings (SSSR count). The fraction of sp³-hybridized carbons (Fsp3) is 1.00. The molecule has 2 aliphatic rings. The van der Waals surface area contributed by atoms with Gasteiger partial charge in [0.2, 0.25) is 0 Å². The van der Waals surface area contributed by atoms with Gasteiger partial charge in [-0.15, -0.1) is 0 Å². The van der Waals surface area contributed by atoms with Gasteiger partial charge >= 0.3 is 0 Å². The summed E-state index contributed by atoms with van der Waals surface area (Å²) in [6.07, 6.45) is 4.65. The highest BCUT2D eigenvalue weighted by Crippen LogP contribution is 2.46. The number of hydrogen-bond donors (Lipinski definition) is 0. The normalized spacial score (nSPS) is 29.6. The SMILES string of the molecule is CC1(CSI)CCC2(CC1)OCCO2. The van der Waals surface area contributed by atoms with Crippen molar-refractivity contribution in [1.29, 1.82) is 0 Å². The van der Waals surface area contributed by atoms with Crippen molar-refractivity contribution in [2.45, 2.75) is 38.4 Å². The maximum Gasteiger partial charge on any atom is 0.168 e. The van der Waals surface area contributed by atoms with Crippen LogP contribution in [0.1, 0.15) is 32.6 Å². The maximum atomic E-state index is 5.72. The average Bonchev–Trinajstić information content (AvgIpc) is 2.61. The van der Waals surface area contributed by atoms with Crippen LogP contribution in [0.15, 0.2) is 0 Å². The first-order chi connectivity index (χ1) is 6.68. The molecule has 1 aliphatic heterocycles. The van der Waals surface area contributed by atoms with Gasteiger partial charge in [-0.25, -0.2) is 0 Å². The molecule has 0 radical (unpaired) electrons. The van der Waals surface area contributed by atoms with Gasteiger partial charge in [-0.3, -0.25) is 0 Å². The molecular formula is C10H17IO2S. The lowest BCUT2D eigenvalue weighted by molar-refractivity contribution is -0.188. The summed E-state index contributed by atoms with van der Waals surface area (Å²) in [7, 11) is 1.93. The van der Waals surface area contributed by atoms with Gasteiger partial charge in [0.25, 0.3) is 0 Å². The van der Waals surface area contributed by atoms with E-state index in [1.54, 1.807) is 0 Å². The van der Waals surface area contributed by atoms with E-state index in [0.29, 0.717) is 5.41 Å². The second-order valence-electron chi connectivity index (χ2n) is 4.67. The molecule has 0 aromatic carbocycles. The van der Waals surface area contributed by atoms with E-state index in [1.165, 1.54) is 18.6 Å². The number of hydrogen-bond acceptors (Lipinski definition) is 3. The molecule has 0 N–H and O–H groups in total. The molecule has 0 amide bonds. The summed E-state index contributed by atoms with van der Waals surface area (Å²) in [5, 5.41) is 0. The Hall–Kier alpha value is 1.00. The molecule has 0 unspecified atom stereocenters. The lowest BCUT2D eigenvalue weighted by atomic mass is 9.75. The van der Waals surface area contributed by atoms with E-state index in [0.717, 1.165) is 26.1 Å². The van der Waals surface area contributed by atoms with Crippen LogP contribution in [0.5, 0.6) is 0 Å². The Balaban J connectivity index is 1.90. The first-order valence-corrected chi connectivity index (χ1v) is 8.72. The van der Waals surface area contributed by atoms with Gasteiger partial charge in [-0.05, 0) is 39.5 Å². The van der Waals surface area contributed by atoms with Crippen LogP contribution < -0.4 is 0 Å². The van der Waals surface area contributed by atoms with Crippen molar-refractivity contribution in [1.82, 2.24) is 0 Å². The Morgan fingerprint density at radius 2 is 1.71 bits per heavy atom. The van der Waals surface area contributed by atoms with Crippen LogP contribution in [-0.4, -0.2) is 24.8 Å². The third kappa shape index (κ3) is 2.39. The summed E-state index contributed by atoms with van der Waals surface area (Å²) < 4.78 is 11.4. The summed E-state index contributed by atoms with van der Waals surface area (Å²) in [5.41, 5.74) is 0.506. The third-order valence-corrected chi connectivity index (χ3v) is 5.18. The summed E-state index contributed by atoms with van der Waals surface area (Å²) >= 11 is 2.39. The molecule has 1 saturated heterocycles. The fourth-order valence-corrected chi connectivity index (χ4v) is 5.10. The lowest BCUT2D eigenvalue weighted by Crippen LogP contribution is -2.39. The topological polar surface area (TPSA) is 18.5 Å². The van der Waals surface area contributed by atoms with Crippen molar-refractivity contribution in [3.63, 3.8) is 0 Å². The highest BCUT2D eigenvalue weighted by molar-refractivity contribution is 14.2. The molecule has 14 heavy (non-hydrogen) atoms. The second-order valence-corrected chi connectivity index (χ2v) is 7.05. The predicted molar refractivity (Wildman–Crippen MR) is 67.7 cm³/mol. The zero-order chi connectivity index (χ0) is 10.1. The van der Waals surface area contributed by atoms with E-state index in [9.17, 15) is 0 Å². The van der Waals surface area contributed by atoms with E-state index in [-0.39, 0.29) is 5.79 Å². The van der Waals surface area contributed by atoms with Gasteiger partial charge in [0.1, 0.15) is 0 Å². The third-order valence-electron chi connectivity index (χ3n) is 3.44. The van der Waals surface area contributed by atoms with Gasteiger partial charge in [-0.1, -0.05) is 15.9 Å². The van der Waals surface area contributed by atoms with Crippen molar-refractivity contribution in [2.24, 2.45) is 5.41 Å². The zero-order valence-electron chi connectivity index (χ0n) is 8.55. The number of ether oxygens (including phenoxy) is 2. The van der Waals surface area contributed by atoms with Crippen LogP contribution in [0, 0.1) is 5.41 Å². The minimum atomic E-state index is -0.185. The largest absolute Gasteiger partial charge is 0.348 e. The van der Waals surface area contributed by atoms with E-state index >= 15 is 0 Å². The molecule has 1 heterocycles. The Kier molecular flexibility index (Phi) is 3.67. The standard InChI is InChI=1S/C10H17IO2S/c1-9(8-14-11)2-4-10(5-3-9)12-6-7-13-10/h2-8H2,1H3. The molecule has 0 atom stereocenters. The van der Waals surface area contributed by atoms with Crippen LogP contribution in [0.25, 0.3) is 0 Å². The second kappa shape index (κ2) is 4.47. The van der Waals surface area contributed by atoms with E-state index in [1.807, 2.05) is 8.93 Å². The average molecular weight is 328 g/mol. The number of halogens is 1. The summed E-state index contributed by atoms with van der Waals surface area (Å²) in [6.45, 7) is 3.97. The minimum absolute atomic E-state index is 0.185. The van der Waals surface area contributed by atoms with E-state index in [4.69, 9.17) is 9.47 Å². The van der Waals surface area contributed by atoms with E-state index in [2.05, 4.69) is 28.1 Å². The first kappa shape index (κ1) is 11.5. The first-order valence-electron chi connectivity index (χ1n) is 5.20. The molecule has 4 heteroatoms. The molecule has 0 aromatic heterocycles. The van der Waals surface area contributed by atoms with Gasteiger partial charge in [-0.2, -0.15) is 0 Å². The lowest BCUT2D eigenvalue weighted by Gasteiger charge is -2.41. The smallest absolute Gasteiger partial charge is 0.168 e. The Morgan fingerprint density at radius 3 is 2.21 bits per heavy atom. The van der Waals surface area contributed by atoms with Crippen molar-refractivity contribution in [2.75, 3.05) is 19.0 Å². The Morgan fingerprint density at radius 1 is 1.14 bits per heavy atom. The van der Waals surface area contributed by atoms with Gasteiger partial charge < -0.3 is 9.47 Å².